The number of carbonyl (C=O) groups is 1. The van der Waals surface area contributed by atoms with Crippen molar-refractivity contribution >= 4 is 27.5 Å². The van der Waals surface area contributed by atoms with Gasteiger partial charge in [0.1, 0.15) is 10.8 Å². The Bertz CT molecular complexity index is 1060. The van der Waals surface area contributed by atoms with E-state index in [4.69, 9.17) is 9.47 Å². The third kappa shape index (κ3) is 4.05. The minimum Gasteiger partial charge on any atom is -0.481 e. The Kier molecular flexibility index (Phi) is 5.35. The first-order valence-corrected chi connectivity index (χ1v) is 9.84. The van der Waals surface area contributed by atoms with E-state index >= 15 is 0 Å². The Morgan fingerprint density at radius 1 is 0.964 bits per heavy atom. The summed E-state index contributed by atoms with van der Waals surface area (Å²) in [4.78, 5) is 16.8. The predicted molar refractivity (Wildman–Crippen MR) is 112 cm³/mol. The number of esters is 1. The molecule has 0 unspecified atom stereocenters. The van der Waals surface area contributed by atoms with Gasteiger partial charge in [0, 0.05) is 5.56 Å². The highest BCUT2D eigenvalue weighted by atomic mass is 32.1. The second-order valence-corrected chi connectivity index (χ2v) is 7.37. The number of para-hydroxylation sites is 2. The summed E-state index contributed by atoms with van der Waals surface area (Å²) in [5.41, 5.74) is 2.89. The molecule has 28 heavy (non-hydrogen) atoms. The average molecular weight is 389 g/mol. The molecule has 0 radical (unpaired) electrons. The summed E-state index contributed by atoms with van der Waals surface area (Å²) in [6, 6.07) is 25.5. The lowest BCUT2D eigenvalue weighted by Crippen LogP contribution is -2.17. The molecule has 0 fully saturated rings. The largest absolute Gasteiger partial charge is 0.481 e. The van der Waals surface area contributed by atoms with Crippen molar-refractivity contribution in [2.24, 2.45) is 0 Å². The van der Waals surface area contributed by atoms with Gasteiger partial charge in [-0.05, 0) is 30.7 Å². The average Bonchev–Trinajstić information content (AvgIpc) is 3.18. The fourth-order valence-electron chi connectivity index (χ4n) is 2.93. The molecule has 0 bridgehead atoms. The Balaban J connectivity index is 1.41. The van der Waals surface area contributed by atoms with Crippen LogP contribution in [-0.2, 0) is 9.53 Å². The van der Waals surface area contributed by atoms with E-state index in [2.05, 4.69) is 4.98 Å². The summed E-state index contributed by atoms with van der Waals surface area (Å²) in [6.45, 7) is 1.67. The van der Waals surface area contributed by atoms with Gasteiger partial charge in [0.05, 0.1) is 10.2 Å². The summed E-state index contributed by atoms with van der Waals surface area (Å²) >= 11 is 1.53. The van der Waals surface area contributed by atoms with Crippen LogP contribution in [0.3, 0.4) is 0 Å². The SMILES string of the molecule is C[C@@H](OC(=O)COc1ccccc1-c1ccccc1)c1nc2ccccc2s1. The van der Waals surface area contributed by atoms with E-state index in [1.165, 1.54) is 11.3 Å². The van der Waals surface area contributed by atoms with Gasteiger partial charge in [0.15, 0.2) is 12.7 Å². The topological polar surface area (TPSA) is 48.4 Å². The van der Waals surface area contributed by atoms with Crippen molar-refractivity contribution in [2.75, 3.05) is 6.61 Å². The van der Waals surface area contributed by atoms with Crippen LogP contribution < -0.4 is 4.74 Å². The van der Waals surface area contributed by atoms with Crippen molar-refractivity contribution in [1.82, 2.24) is 4.98 Å². The Hall–Kier alpha value is -3.18. The van der Waals surface area contributed by atoms with Crippen LogP contribution in [0.25, 0.3) is 21.3 Å². The molecule has 0 aliphatic carbocycles. The molecule has 3 aromatic carbocycles. The number of hydrogen-bond acceptors (Lipinski definition) is 5. The molecular formula is C23H19NO3S. The molecule has 1 aromatic heterocycles. The van der Waals surface area contributed by atoms with E-state index in [1.54, 1.807) is 0 Å². The highest BCUT2D eigenvalue weighted by Crippen LogP contribution is 2.30. The second kappa shape index (κ2) is 8.23. The monoisotopic (exact) mass is 389 g/mol. The second-order valence-electron chi connectivity index (χ2n) is 6.30. The minimum atomic E-state index is -0.422. The molecule has 0 saturated heterocycles. The van der Waals surface area contributed by atoms with Gasteiger partial charge in [0.25, 0.3) is 0 Å². The molecule has 5 heteroatoms. The zero-order valence-electron chi connectivity index (χ0n) is 15.4. The third-order valence-electron chi connectivity index (χ3n) is 4.28. The van der Waals surface area contributed by atoms with Crippen LogP contribution in [-0.4, -0.2) is 17.6 Å². The highest BCUT2D eigenvalue weighted by Gasteiger charge is 2.17. The van der Waals surface area contributed by atoms with Crippen LogP contribution in [0.2, 0.25) is 0 Å². The molecule has 4 aromatic rings. The smallest absolute Gasteiger partial charge is 0.344 e. The summed E-state index contributed by atoms with van der Waals surface area (Å²) in [6.07, 6.45) is -0.419. The molecule has 4 nitrogen and oxygen atoms in total. The molecule has 0 spiro atoms. The minimum absolute atomic E-state index is 0.154. The van der Waals surface area contributed by atoms with Crippen LogP contribution in [0, 0.1) is 0 Å². The number of benzene rings is 3. The molecule has 0 amide bonds. The standard InChI is InChI=1S/C23H19NO3S/c1-16(23-24-19-12-6-8-14-21(19)28-23)27-22(25)15-26-20-13-7-5-11-18(20)17-9-3-2-4-10-17/h2-14,16H,15H2,1H3/t16-/m1/s1. The Labute approximate surface area is 167 Å². The van der Waals surface area contributed by atoms with E-state index in [0.29, 0.717) is 5.75 Å². The van der Waals surface area contributed by atoms with Crippen molar-refractivity contribution in [3.8, 4) is 16.9 Å². The lowest BCUT2D eigenvalue weighted by atomic mass is 10.1. The molecular weight excluding hydrogens is 370 g/mol. The fourth-order valence-corrected chi connectivity index (χ4v) is 3.88. The van der Waals surface area contributed by atoms with E-state index < -0.39 is 12.1 Å². The Morgan fingerprint density at radius 2 is 1.68 bits per heavy atom. The number of thiazole rings is 1. The maximum atomic E-state index is 12.3. The van der Waals surface area contributed by atoms with Gasteiger partial charge in [-0.15, -0.1) is 11.3 Å². The van der Waals surface area contributed by atoms with Gasteiger partial charge in [-0.25, -0.2) is 9.78 Å². The van der Waals surface area contributed by atoms with Crippen LogP contribution >= 0.6 is 11.3 Å². The summed E-state index contributed by atoms with van der Waals surface area (Å²) in [5, 5.41) is 0.777. The maximum Gasteiger partial charge on any atom is 0.344 e. The van der Waals surface area contributed by atoms with Crippen molar-refractivity contribution in [1.29, 1.82) is 0 Å². The first-order valence-electron chi connectivity index (χ1n) is 9.03. The van der Waals surface area contributed by atoms with Crippen molar-refractivity contribution in [2.45, 2.75) is 13.0 Å². The van der Waals surface area contributed by atoms with Crippen LogP contribution in [0.4, 0.5) is 0 Å². The summed E-state index contributed by atoms with van der Waals surface area (Å²) < 4.78 is 12.4. The molecule has 0 N–H and O–H groups in total. The zero-order chi connectivity index (χ0) is 19.3. The zero-order valence-corrected chi connectivity index (χ0v) is 16.2. The molecule has 140 valence electrons. The fraction of sp³-hybridized carbons (Fsp3) is 0.130. The lowest BCUT2D eigenvalue weighted by molar-refractivity contribution is -0.151. The first kappa shape index (κ1) is 18.2. The molecule has 0 saturated carbocycles. The number of carbonyl (C=O) groups excluding carboxylic acids is 1. The third-order valence-corrected chi connectivity index (χ3v) is 5.48. The van der Waals surface area contributed by atoms with Crippen molar-refractivity contribution in [3.63, 3.8) is 0 Å². The molecule has 4 rings (SSSR count). The number of ether oxygens (including phenoxy) is 2. The maximum absolute atomic E-state index is 12.3. The van der Waals surface area contributed by atoms with E-state index in [1.807, 2.05) is 85.8 Å². The number of hydrogen-bond donors (Lipinski definition) is 0. The number of aromatic nitrogens is 1. The molecule has 0 aliphatic rings. The van der Waals surface area contributed by atoms with Gasteiger partial charge in [-0.1, -0.05) is 60.7 Å². The number of nitrogens with zero attached hydrogens (tertiary/aromatic N) is 1. The van der Waals surface area contributed by atoms with E-state index in [-0.39, 0.29) is 6.61 Å². The van der Waals surface area contributed by atoms with E-state index in [9.17, 15) is 4.79 Å². The lowest BCUT2D eigenvalue weighted by Gasteiger charge is -2.13. The van der Waals surface area contributed by atoms with Crippen LogP contribution in [0.15, 0.2) is 78.9 Å². The predicted octanol–water partition coefficient (Wildman–Crippen LogP) is 5.65. The summed E-state index contributed by atoms with van der Waals surface area (Å²) in [7, 11) is 0. The first-order chi connectivity index (χ1) is 13.7. The van der Waals surface area contributed by atoms with Gasteiger partial charge in [-0.2, -0.15) is 0 Å². The normalized spacial score (nSPS) is 11.9. The van der Waals surface area contributed by atoms with Crippen molar-refractivity contribution in [3.05, 3.63) is 83.9 Å². The number of fused-ring (bicyclic) bond motifs is 1. The summed E-state index contributed by atoms with van der Waals surface area (Å²) in [5.74, 6) is 0.230. The number of rotatable bonds is 6. The van der Waals surface area contributed by atoms with Gasteiger partial charge in [-0.3, -0.25) is 0 Å². The van der Waals surface area contributed by atoms with Crippen LogP contribution in [0.5, 0.6) is 5.75 Å². The van der Waals surface area contributed by atoms with Crippen molar-refractivity contribution < 1.29 is 14.3 Å². The quantitative estimate of drug-likeness (QED) is 0.400. The van der Waals surface area contributed by atoms with Crippen LogP contribution in [0.1, 0.15) is 18.0 Å². The van der Waals surface area contributed by atoms with Gasteiger partial charge < -0.3 is 9.47 Å². The highest BCUT2D eigenvalue weighted by molar-refractivity contribution is 7.18. The molecule has 1 atom stereocenters. The van der Waals surface area contributed by atoms with Gasteiger partial charge >= 0.3 is 5.97 Å². The van der Waals surface area contributed by atoms with E-state index in [0.717, 1.165) is 26.4 Å². The molecule has 1 heterocycles. The molecule has 0 aliphatic heterocycles. The van der Waals surface area contributed by atoms with Gasteiger partial charge in [0.2, 0.25) is 0 Å². The Morgan fingerprint density at radius 3 is 2.50 bits per heavy atom.